The number of amides is 1. The second kappa shape index (κ2) is 9.72. The van der Waals surface area contributed by atoms with Crippen LogP contribution in [-0.2, 0) is 4.79 Å². The number of benzene rings is 1. The second-order valence-corrected chi connectivity index (χ2v) is 5.79. The minimum absolute atomic E-state index is 0.0546. The van der Waals surface area contributed by atoms with Gasteiger partial charge in [0, 0.05) is 0 Å². The van der Waals surface area contributed by atoms with E-state index in [1.165, 1.54) is 24.2 Å². The Hall–Kier alpha value is -2.34. The molecule has 6 nitrogen and oxygen atoms in total. The van der Waals surface area contributed by atoms with Crippen molar-refractivity contribution in [3.63, 3.8) is 0 Å². The highest BCUT2D eigenvalue weighted by Crippen LogP contribution is 2.27. The smallest absolute Gasteiger partial charge is 0.295 e. The molecule has 0 atom stereocenters. The molecule has 0 spiro atoms. The SMILES string of the molecule is C=CCOc1ccc(/C=N\NC(=O)C[NH+]2CCCCC2)cc1OC. The lowest BCUT2D eigenvalue weighted by Gasteiger charge is -2.22. The number of quaternary nitrogens is 1. The Morgan fingerprint density at radius 2 is 2.12 bits per heavy atom. The largest absolute Gasteiger partial charge is 0.493 e. The number of nitrogens with zero attached hydrogens (tertiary/aromatic N) is 1. The van der Waals surface area contributed by atoms with Crippen molar-refractivity contribution in [1.82, 2.24) is 5.43 Å². The number of hydrazone groups is 1. The number of nitrogens with one attached hydrogen (secondary N) is 2. The lowest BCUT2D eigenvalue weighted by Crippen LogP contribution is -3.13. The predicted octanol–water partition coefficient (Wildman–Crippen LogP) is 0.779. The quantitative estimate of drug-likeness (QED) is 0.420. The van der Waals surface area contributed by atoms with Gasteiger partial charge in [-0.15, -0.1) is 0 Å². The molecule has 2 rings (SSSR count). The van der Waals surface area contributed by atoms with Crippen LogP contribution in [0.3, 0.4) is 0 Å². The van der Waals surface area contributed by atoms with Crippen LogP contribution < -0.4 is 19.8 Å². The molecule has 1 aromatic carbocycles. The van der Waals surface area contributed by atoms with Crippen molar-refractivity contribution >= 4 is 12.1 Å². The first-order valence-corrected chi connectivity index (χ1v) is 8.30. The van der Waals surface area contributed by atoms with E-state index in [2.05, 4.69) is 17.1 Å². The molecule has 1 aromatic rings. The molecule has 130 valence electrons. The van der Waals surface area contributed by atoms with Gasteiger partial charge in [-0.05, 0) is 43.0 Å². The third-order valence-corrected chi connectivity index (χ3v) is 3.92. The van der Waals surface area contributed by atoms with E-state index in [1.807, 2.05) is 18.2 Å². The van der Waals surface area contributed by atoms with Gasteiger partial charge in [-0.2, -0.15) is 5.10 Å². The normalized spacial score (nSPS) is 15.2. The van der Waals surface area contributed by atoms with Crippen molar-refractivity contribution in [1.29, 1.82) is 0 Å². The molecule has 2 N–H and O–H groups in total. The lowest BCUT2D eigenvalue weighted by molar-refractivity contribution is -0.896. The Morgan fingerprint density at radius 1 is 1.33 bits per heavy atom. The van der Waals surface area contributed by atoms with Gasteiger partial charge in [0.05, 0.1) is 26.4 Å². The maximum atomic E-state index is 11.9. The van der Waals surface area contributed by atoms with Gasteiger partial charge in [-0.25, -0.2) is 5.43 Å². The standard InChI is InChI=1S/C18H25N3O3/c1-3-11-24-16-8-7-15(12-17(16)23-2)13-19-20-18(22)14-21-9-5-4-6-10-21/h3,7-8,12-13H,1,4-6,9-11,14H2,2H3,(H,20,22)/p+1/b19-13-. The highest BCUT2D eigenvalue weighted by atomic mass is 16.5. The number of hydrogen-bond acceptors (Lipinski definition) is 4. The monoisotopic (exact) mass is 332 g/mol. The molecule has 0 bridgehead atoms. The van der Waals surface area contributed by atoms with Crippen LogP contribution in [0.15, 0.2) is 36.0 Å². The van der Waals surface area contributed by atoms with Crippen LogP contribution in [0.4, 0.5) is 0 Å². The lowest BCUT2D eigenvalue weighted by atomic mass is 10.1. The van der Waals surface area contributed by atoms with Gasteiger partial charge in [0.15, 0.2) is 18.0 Å². The van der Waals surface area contributed by atoms with Gasteiger partial charge in [0.2, 0.25) is 0 Å². The van der Waals surface area contributed by atoms with Crippen molar-refractivity contribution in [2.75, 3.05) is 33.4 Å². The molecule has 0 unspecified atom stereocenters. The van der Waals surface area contributed by atoms with E-state index >= 15 is 0 Å². The van der Waals surface area contributed by atoms with Crippen molar-refractivity contribution in [3.05, 3.63) is 36.4 Å². The van der Waals surface area contributed by atoms with E-state index in [4.69, 9.17) is 9.47 Å². The van der Waals surface area contributed by atoms with Crippen LogP contribution in [0.5, 0.6) is 11.5 Å². The van der Waals surface area contributed by atoms with Crippen LogP contribution >= 0.6 is 0 Å². The van der Waals surface area contributed by atoms with E-state index < -0.39 is 0 Å². The van der Waals surface area contributed by atoms with Gasteiger partial charge >= 0.3 is 0 Å². The van der Waals surface area contributed by atoms with Crippen molar-refractivity contribution in [2.24, 2.45) is 5.10 Å². The number of carbonyl (C=O) groups is 1. The Bertz CT molecular complexity index is 581. The maximum absolute atomic E-state index is 11.9. The fraction of sp³-hybridized carbons (Fsp3) is 0.444. The summed E-state index contributed by atoms with van der Waals surface area (Å²) in [6.45, 7) is 6.66. The van der Waals surface area contributed by atoms with Gasteiger partial charge < -0.3 is 14.4 Å². The first-order chi connectivity index (χ1) is 11.7. The summed E-state index contributed by atoms with van der Waals surface area (Å²) < 4.78 is 10.8. The molecule has 0 aromatic heterocycles. The van der Waals surface area contributed by atoms with Crippen LogP contribution in [0, 0.1) is 0 Å². The van der Waals surface area contributed by atoms with Crippen LogP contribution in [-0.4, -0.2) is 45.5 Å². The molecule has 1 saturated heterocycles. The molecule has 1 heterocycles. The molecule has 0 saturated carbocycles. The number of likely N-dealkylation sites (tertiary alicyclic amines) is 1. The van der Waals surface area contributed by atoms with Crippen molar-refractivity contribution in [3.8, 4) is 11.5 Å². The average Bonchev–Trinajstić information content (AvgIpc) is 2.61. The van der Waals surface area contributed by atoms with Crippen LogP contribution in [0.2, 0.25) is 0 Å². The molecular formula is C18H26N3O3+. The van der Waals surface area contributed by atoms with Gasteiger partial charge in [-0.3, -0.25) is 4.79 Å². The summed E-state index contributed by atoms with van der Waals surface area (Å²) in [5.74, 6) is 1.21. The van der Waals surface area contributed by atoms with Crippen LogP contribution in [0.1, 0.15) is 24.8 Å². The number of carbonyl (C=O) groups excluding carboxylic acids is 1. The minimum Gasteiger partial charge on any atom is -0.493 e. The van der Waals surface area contributed by atoms with E-state index in [9.17, 15) is 4.79 Å². The van der Waals surface area contributed by atoms with E-state index in [0.29, 0.717) is 24.7 Å². The number of methoxy groups -OCH3 is 1. The molecule has 24 heavy (non-hydrogen) atoms. The number of hydrogen-bond donors (Lipinski definition) is 2. The summed E-state index contributed by atoms with van der Waals surface area (Å²) >= 11 is 0. The molecule has 1 amide bonds. The zero-order valence-corrected chi connectivity index (χ0v) is 14.2. The Labute approximate surface area is 143 Å². The summed E-state index contributed by atoms with van der Waals surface area (Å²) in [5.41, 5.74) is 3.41. The Balaban J connectivity index is 1.86. The molecule has 1 aliphatic heterocycles. The second-order valence-electron chi connectivity index (χ2n) is 5.79. The fourth-order valence-electron chi connectivity index (χ4n) is 2.71. The van der Waals surface area contributed by atoms with Crippen LogP contribution in [0.25, 0.3) is 0 Å². The first kappa shape index (κ1) is 18.0. The summed E-state index contributed by atoms with van der Waals surface area (Å²) in [4.78, 5) is 13.2. The fourth-order valence-corrected chi connectivity index (χ4v) is 2.71. The van der Waals surface area contributed by atoms with Crippen molar-refractivity contribution < 1.29 is 19.2 Å². The zero-order valence-electron chi connectivity index (χ0n) is 14.2. The predicted molar refractivity (Wildman–Crippen MR) is 93.8 cm³/mol. The molecule has 1 fully saturated rings. The average molecular weight is 332 g/mol. The van der Waals surface area contributed by atoms with E-state index in [0.717, 1.165) is 18.7 Å². The maximum Gasteiger partial charge on any atom is 0.295 e. The highest BCUT2D eigenvalue weighted by Gasteiger charge is 2.16. The topological polar surface area (TPSA) is 64.4 Å². The molecule has 1 aliphatic rings. The third-order valence-electron chi connectivity index (χ3n) is 3.92. The summed E-state index contributed by atoms with van der Waals surface area (Å²) in [6.07, 6.45) is 6.95. The van der Waals surface area contributed by atoms with Gasteiger partial charge in [-0.1, -0.05) is 12.7 Å². The summed E-state index contributed by atoms with van der Waals surface area (Å²) in [7, 11) is 1.58. The first-order valence-electron chi connectivity index (χ1n) is 8.30. The third kappa shape index (κ3) is 5.70. The minimum atomic E-state index is -0.0546. The van der Waals surface area contributed by atoms with Gasteiger partial charge in [0.25, 0.3) is 5.91 Å². The zero-order chi connectivity index (χ0) is 17.2. The summed E-state index contributed by atoms with van der Waals surface area (Å²) in [6, 6.07) is 5.47. The van der Waals surface area contributed by atoms with Gasteiger partial charge in [0.1, 0.15) is 6.61 Å². The molecule has 6 heteroatoms. The Kier molecular flexibility index (Phi) is 7.29. The molecule has 0 radical (unpaired) electrons. The number of piperidine rings is 1. The van der Waals surface area contributed by atoms with E-state index in [-0.39, 0.29) is 5.91 Å². The number of ether oxygens (including phenoxy) is 2. The number of rotatable bonds is 8. The Morgan fingerprint density at radius 3 is 2.83 bits per heavy atom. The highest BCUT2D eigenvalue weighted by molar-refractivity contribution is 5.83. The molecular weight excluding hydrogens is 306 g/mol. The molecule has 0 aliphatic carbocycles. The van der Waals surface area contributed by atoms with E-state index in [1.54, 1.807) is 19.4 Å². The van der Waals surface area contributed by atoms with Crippen molar-refractivity contribution in [2.45, 2.75) is 19.3 Å². The summed E-state index contributed by atoms with van der Waals surface area (Å²) in [5, 5.41) is 4.02.